The molecule has 0 radical (unpaired) electrons. The summed E-state index contributed by atoms with van der Waals surface area (Å²) in [5, 5.41) is 0.827. The van der Waals surface area contributed by atoms with Crippen LogP contribution < -0.4 is 10.4 Å². The zero-order valence-corrected chi connectivity index (χ0v) is 11.8. The van der Waals surface area contributed by atoms with Gasteiger partial charge < -0.3 is 9.15 Å². The quantitative estimate of drug-likeness (QED) is 0.533. The number of imidazole rings is 1. The van der Waals surface area contributed by atoms with Gasteiger partial charge in [0.1, 0.15) is 23.3 Å². The highest BCUT2D eigenvalue weighted by molar-refractivity contribution is 5.82. The Morgan fingerprint density at radius 3 is 2.86 bits per heavy atom. The van der Waals surface area contributed by atoms with E-state index >= 15 is 0 Å². The number of para-hydroxylation sites is 2. The molecule has 0 fully saturated rings. The number of aromatic nitrogens is 2. The van der Waals surface area contributed by atoms with Crippen molar-refractivity contribution in [3.8, 4) is 11.4 Å². The number of methoxy groups -OCH3 is 1. The molecule has 0 bridgehead atoms. The maximum atomic E-state index is 12.3. The Balaban J connectivity index is 1.99. The van der Waals surface area contributed by atoms with Crippen LogP contribution in [0.2, 0.25) is 0 Å². The van der Waals surface area contributed by atoms with E-state index in [0.717, 1.165) is 16.4 Å². The minimum absolute atomic E-state index is 0.413. The number of ether oxygens (including phenoxy) is 1. The third-order valence-electron chi connectivity index (χ3n) is 3.64. The van der Waals surface area contributed by atoms with E-state index in [2.05, 4.69) is 4.98 Å². The molecule has 0 aliphatic rings. The SMILES string of the molecule is COc1ccc2cc(-n3cnc4ccccc43)c(=O)oc2c1. The summed E-state index contributed by atoms with van der Waals surface area (Å²) in [5.74, 6) is 0.650. The summed E-state index contributed by atoms with van der Waals surface area (Å²) >= 11 is 0. The number of nitrogens with zero attached hydrogens (tertiary/aromatic N) is 2. The topological polar surface area (TPSA) is 57.3 Å². The lowest BCUT2D eigenvalue weighted by molar-refractivity contribution is 0.414. The van der Waals surface area contributed by atoms with Crippen LogP contribution in [0.25, 0.3) is 27.7 Å². The molecule has 4 aromatic rings. The van der Waals surface area contributed by atoms with Crippen molar-refractivity contribution in [3.63, 3.8) is 0 Å². The van der Waals surface area contributed by atoms with Crippen LogP contribution in [0.15, 0.2) is 64.1 Å². The summed E-state index contributed by atoms with van der Waals surface area (Å²) in [6.45, 7) is 0. The number of hydrogen-bond acceptors (Lipinski definition) is 4. The standard InChI is InChI=1S/C17H12N2O3/c1-21-12-7-6-11-8-15(17(20)22-16(11)9-12)19-10-18-13-4-2-3-5-14(13)19/h2-10H,1H3. The zero-order chi connectivity index (χ0) is 15.1. The number of fused-ring (bicyclic) bond motifs is 2. The molecule has 108 valence electrons. The van der Waals surface area contributed by atoms with Gasteiger partial charge in [0.25, 0.3) is 0 Å². The minimum atomic E-state index is -0.413. The molecule has 22 heavy (non-hydrogen) atoms. The van der Waals surface area contributed by atoms with Crippen molar-refractivity contribution in [2.75, 3.05) is 7.11 Å². The Morgan fingerprint density at radius 1 is 1.14 bits per heavy atom. The lowest BCUT2D eigenvalue weighted by atomic mass is 10.2. The molecule has 5 heteroatoms. The van der Waals surface area contributed by atoms with Crippen LogP contribution in [0.4, 0.5) is 0 Å². The van der Waals surface area contributed by atoms with Gasteiger partial charge in [-0.2, -0.15) is 0 Å². The molecule has 0 saturated carbocycles. The first-order valence-electron chi connectivity index (χ1n) is 6.80. The number of benzene rings is 2. The highest BCUT2D eigenvalue weighted by Gasteiger charge is 2.11. The molecule has 0 saturated heterocycles. The fourth-order valence-electron chi connectivity index (χ4n) is 2.53. The summed E-state index contributed by atoms with van der Waals surface area (Å²) in [6.07, 6.45) is 1.63. The second-order valence-corrected chi connectivity index (χ2v) is 4.93. The number of hydrogen-bond donors (Lipinski definition) is 0. The molecule has 0 amide bonds. The van der Waals surface area contributed by atoms with Gasteiger partial charge in [-0.3, -0.25) is 4.57 Å². The van der Waals surface area contributed by atoms with Crippen molar-refractivity contribution in [1.29, 1.82) is 0 Å². The van der Waals surface area contributed by atoms with Crippen LogP contribution in [0, 0.1) is 0 Å². The monoisotopic (exact) mass is 292 g/mol. The fraction of sp³-hybridized carbons (Fsp3) is 0.0588. The van der Waals surface area contributed by atoms with Gasteiger partial charge in [-0.1, -0.05) is 12.1 Å². The van der Waals surface area contributed by atoms with Crippen LogP contribution in [0.3, 0.4) is 0 Å². The summed E-state index contributed by atoms with van der Waals surface area (Å²) in [6, 6.07) is 14.8. The third-order valence-corrected chi connectivity index (χ3v) is 3.64. The first-order chi connectivity index (χ1) is 10.8. The number of rotatable bonds is 2. The van der Waals surface area contributed by atoms with Gasteiger partial charge in [0.15, 0.2) is 0 Å². The van der Waals surface area contributed by atoms with Gasteiger partial charge in [-0.25, -0.2) is 9.78 Å². The second-order valence-electron chi connectivity index (χ2n) is 4.93. The first-order valence-corrected chi connectivity index (χ1v) is 6.80. The van der Waals surface area contributed by atoms with Crippen molar-refractivity contribution in [2.24, 2.45) is 0 Å². The van der Waals surface area contributed by atoms with Crippen molar-refractivity contribution in [3.05, 3.63) is 65.3 Å². The van der Waals surface area contributed by atoms with Crippen molar-refractivity contribution in [2.45, 2.75) is 0 Å². The highest BCUT2D eigenvalue weighted by atomic mass is 16.5. The normalized spacial score (nSPS) is 11.1. The van der Waals surface area contributed by atoms with Crippen molar-refractivity contribution >= 4 is 22.0 Å². The van der Waals surface area contributed by atoms with E-state index in [1.54, 1.807) is 30.1 Å². The van der Waals surface area contributed by atoms with Gasteiger partial charge in [0.05, 0.1) is 18.1 Å². The molecule has 0 aliphatic heterocycles. The summed E-state index contributed by atoms with van der Waals surface area (Å²) in [5.41, 5.74) is 2.21. The predicted octanol–water partition coefficient (Wildman–Crippen LogP) is 3.14. The Hall–Kier alpha value is -3.08. The highest BCUT2D eigenvalue weighted by Crippen LogP contribution is 2.22. The fourth-order valence-corrected chi connectivity index (χ4v) is 2.53. The smallest absolute Gasteiger partial charge is 0.360 e. The van der Waals surface area contributed by atoms with Crippen molar-refractivity contribution in [1.82, 2.24) is 9.55 Å². The van der Waals surface area contributed by atoms with E-state index in [1.807, 2.05) is 36.4 Å². The second kappa shape index (κ2) is 4.73. The molecule has 5 nitrogen and oxygen atoms in total. The Kier molecular flexibility index (Phi) is 2.72. The minimum Gasteiger partial charge on any atom is -0.497 e. The van der Waals surface area contributed by atoms with E-state index in [4.69, 9.17) is 9.15 Å². The zero-order valence-electron chi connectivity index (χ0n) is 11.8. The lowest BCUT2D eigenvalue weighted by Gasteiger charge is -2.05. The molecule has 0 N–H and O–H groups in total. The molecular formula is C17H12N2O3. The van der Waals surface area contributed by atoms with Gasteiger partial charge in [0.2, 0.25) is 0 Å². The van der Waals surface area contributed by atoms with Crippen LogP contribution >= 0.6 is 0 Å². The van der Waals surface area contributed by atoms with E-state index in [-0.39, 0.29) is 0 Å². The Morgan fingerprint density at radius 2 is 2.00 bits per heavy atom. The van der Waals surface area contributed by atoms with E-state index < -0.39 is 5.63 Å². The lowest BCUT2D eigenvalue weighted by Crippen LogP contribution is -2.09. The largest absolute Gasteiger partial charge is 0.497 e. The summed E-state index contributed by atoms with van der Waals surface area (Å²) < 4.78 is 12.3. The average molecular weight is 292 g/mol. The van der Waals surface area contributed by atoms with Crippen LogP contribution in [-0.2, 0) is 0 Å². The average Bonchev–Trinajstić information content (AvgIpc) is 2.97. The van der Waals surface area contributed by atoms with E-state index in [9.17, 15) is 4.79 Å². The molecule has 0 aliphatic carbocycles. The van der Waals surface area contributed by atoms with Crippen LogP contribution in [0.1, 0.15) is 0 Å². The molecule has 0 spiro atoms. The molecule has 2 heterocycles. The van der Waals surface area contributed by atoms with E-state index in [0.29, 0.717) is 17.0 Å². The molecular weight excluding hydrogens is 280 g/mol. The first kappa shape index (κ1) is 12.6. The molecule has 2 aromatic carbocycles. The van der Waals surface area contributed by atoms with Gasteiger partial charge in [-0.15, -0.1) is 0 Å². The maximum absolute atomic E-state index is 12.3. The predicted molar refractivity (Wildman–Crippen MR) is 83.7 cm³/mol. The molecule has 0 atom stereocenters. The third kappa shape index (κ3) is 1.87. The van der Waals surface area contributed by atoms with E-state index in [1.165, 1.54) is 0 Å². The summed E-state index contributed by atoms with van der Waals surface area (Å²) in [7, 11) is 1.57. The van der Waals surface area contributed by atoms with Crippen LogP contribution in [-0.4, -0.2) is 16.7 Å². The van der Waals surface area contributed by atoms with Crippen LogP contribution in [0.5, 0.6) is 5.75 Å². The maximum Gasteiger partial charge on any atom is 0.360 e. The summed E-state index contributed by atoms with van der Waals surface area (Å²) in [4.78, 5) is 16.6. The Labute approximate surface area is 125 Å². The molecule has 4 rings (SSSR count). The molecule has 0 unspecified atom stereocenters. The van der Waals surface area contributed by atoms with Gasteiger partial charge in [0, 0.05) is 11.5 Å². The van der Waals surface area contributed by atoms with Gasteiger partial charge >= 0.3 is 5.63 Å². The van der Waals surface area contributed by atoms with Crippen molar-refractivity contribution < 1.29 is 9.15 Å². The van der Waals surface area contributed by atoms with Gasteiger partial charge in [-0.05, 0) is 30.3 Å². The molecule has 2 aromatic heterocycles. The Bertz CT molecular complexity index is 1050.